The van der Waals surface area contributed by atoms with Crippen molar-refractivity contribution in [3.63, 3.8) is 0 Å². The molecule has 2 aromatic rings. The Morgan fingerprint density at radius 2 is 1.65 bits per heavy atom. The van der Waals surface area contributed by atoms with Crippen LogP contribution in [0.15, 0.2) is 30.3 Å². The predicted octanol–water partition coefficient (Wildman–Crippen LogP) is 4.66. The van der Waals surface area contributed by atoms with E-state index in [4.69, 9.17) is 9.47 Å². The maximum absolute atomic E-state index is 5.82. The van der Waals surface area contributed by atoms with E-state index in [0.29, 0.717) is 13.2 Å². The summed E-state index contributed by atoms with van der Waals surface area (Å²) in [4.78, 5) is 2.34. The molecule has 0 aliphatic carbocycles. The van der Waals surface area contributed by atoms with Gasteiger partial charge in [-0.15, -0.1) is 0 Å². The average molecular weight is 311 g/mol. The summed E-state index contributed by atoms with van der Waals surface area (Å²) >= 11 is 0. The minimum absolute atomic E-state index is 0.640. The van der Waals surface area contributed by atoms with Gasteiger partial charge in [-0.2, -0.15) is 0 Å². The average Bonchev–Trinajstić information content (AvgIpc) is 2.56. The number of anilines is 1. The summed E-state index contributed by atoms with van der Waals surface area (Å²) in [5.74, 6) is 1.68. The van der Waals surface area contributed by atoms with Gasteiger partial charge >= 0.3 is 0 Å². The molecule has 0 saturated heterocycles. The van der Waals surface area contributed by atoms with E-state index in [1.807, 2.05) is 13.8 Å². The Balaban J connectivity index is 2.18. The van der Waals surface area contributed by atoms with Crippen LogP contribution in [0.4, 0.5) is 5.69 Å². The molecule has 0 unspecified atom stereocenters. The van der Waals surface area contributed by atoms with E-state index in [1.165, 1.54) is 27.9 Å². The molecular weight excluding hydrogens is 286 g/mol. The fourth-order valence-electron chi connectivity index (χ4n) is 3.40. The van der Waals surface area contributed by atoms with E-state index in [0.717, 1.165) is 24.5 Å². The van der Waals surface area contributed by atoms with Crippen molar-refractivity contribution >= 4 is 5.69 Å². The SMILES string of the molecule is CCOc1cc2c(cc1OCC)-c1cccc(CC)c1N(C)C2. The zero-order chi connectivity index (χ0) is 16.4. The van der Waals surface area contributed by atoms with Crippen LogP contribution in [0.5, 0.6) is 11.5 Å². The minimum Gasteiger partial charge on any atom is -0.490 e. The second-order valence-electron chi connectivity index (χ2n) is 5.85. The number of aryl methyl sites for hydroxylation is 1. The van der Waals surface area contributed by atoms with Gasteiger partial charge in [-0.1, -0.05) is 25.1 Å². The molecule has 0 spiro atoms. The Morgan fingerprint density at radius 1 is 0.957 bits per heavy atom. The lowest BCUT2D eigenvalue weighted by Gasteiger charge is -2.32. The molecular formula is C20H25NO2. The van der Waals surface area contributed by atoms with Gasteiger partial charge in [0.05, 0.1) is 13.2 Å². The highest BCUT2D eigenvalue weighted by molar-refractivity contribution is 5.86. The first-order chi connectivity index (χ1) is 11.2. The lowest BCUT2D eigenvalue weighted by Crippen LogP contribution is -2.23. The standard InChI is InChI=1S/C20H25NO2/c1-5-14-9-8-10-16-17-12-19(23-7-3)18(22-6-2)11-15(17)13-21(4)20(14)16/h8-12H,5-7,13H2,1-4H3. The zero-order valence-electron chi connectivity index (χ0n) is 14.5. The molecule has 1 aliphatic heterocycles. The number of benzene rings is 2. The Hall–Kier alpha value is -2.16. The van der Waals surface area contributed by atoms with E-state index < -0.39 is 0 Å². The van der Waals surface area contributed by atoms with Gasteiger partial charge in [0.15, 0.2) is 11.5 Å². The number of nitrogens with zero attached hydrogens (tertiary/aromatic N) is 1. The number of ether oxygens (including phenoxy) is 2. The third-order valence-corrected chi connectivity index (χ3v) is 4.35. The van der Waals surface area contributed by atoms with Gasteiger partial charge in [-0.3, -0.25) is 0 Å². The van der Waals surface area contributed by atoms with Crippen molar-refractivity contribution in [2.75, 3.05) is 25.2 Å². The third-order valence-electron chi connectivity index (χ3n) is 4.35. The Morgan fingerprint density at radius 3 is 2.30 bits per heavy atom. The molecule has 122 valence electrons. The summed E-state index contributed by atoms with van der Waals surface area (Å²) in [6, 6.07) is 10.9. The van der Waals surface area contributed by atoms with E-state index in [1.54, 1.807) is 0 Å². The monoisotopic (exact) mass is 311 g/mol. The van der Waals surface area contributed by atoms with Crippen molar-refractivity contribution in [3.8, 4) is 22.6 Å². The highest BCUT2D eigenvalue weighted by Crippen LogP contribution is 2.44. The molecule has 0 saturated carbocycles. The van der Waals surface area contributed by atoms with Crippen molar-refractivity contribution < 1.29 is 9.47 Å². The van der Waals surface area contributed by atoms with Crippen LogP contribution in [-0.4, -0.2) is 20.3 Å². The quantitative estimate of drug-likeness (QED) is 0.801. The lowest BCUT2D eigenvalue weighted by molar-refractivity contribution is 0.287. The van der Waals surface area contributed by atoms with Gasteiger partial charge in [0.2, 0.25) is 0 Å². The highest BCUT2D eigenvalue weighted by atomic mass is 16.5. The Labute approximate surface area is 138 Å². The highest BCUT2D eigenvalue weighted by Gasteiger charge is 2.24. The number of para-hydroxylation sites is 1. The molecule has 0 bridgehead atoms. The fourth-order valence-corrected chi connectivity index (χ4v) is 3.40. The molecule has 3 rings (SSSR count). The summed E-state index contributed by atoms with van der Waals surface area (Å²) in [5, 5.41) is 0. The summed E-state index contributed by atoms with van der Waals surface area (Å²) in [7, 11) is 2.16. The third kappa shape index (κ3) is 2.76. The molecule has 0 fully saturated rings. The molecule has 0 aromatic heterocycles. The molecule has 0 radical (unpaired) electrons. The number of fused-ring (bicyclic) bond motifs is 3. The van der Waals surface area contributed by atoms with Crippen LogP contribution in [0.3, 0.4) is 0 Å². The second kappa shape index (κ2) is 6.53. The minimum atomic E-state index is 0.640. The van der Waals surface area contributed by atoms with E-state index in [9.17, 15) is 0 Å². The van der Waals surface area contributed by atoms with E-state index in [-0.39, 0.29) is 0 Å². The maximum atomic E-state index is 5.82. The van der Waals surface area contributed by atoms with Gasteiger partial charge < -0.3 is 14.4 Å². The first-order valence-electron chi connectivity index (χ1n) is 8.45. The summed E-state index contributed by atoms with van der Waals surface area (Å²) < 4.78 is 11.6. The number of rotatable bonds is 5. The maximum Gasteiger partial charge on any atom is 0.161 e. The van der Waals surface area contributed by atoms with Crippen molar-refractivity contribution in [1.82, 2.24) is 0 Å². The second-order valence-corrected chi connectivity index (χ2v) is 5.85. The normalized spacial score (nSPS) is 12.6. The van der Waals surface area contributed by atoms with Crippen LogP contribution in [0.1, 0.15) is 31.9 Å². The largest absolute Gasteiger partial charge is 0.490 e. The van der Waals surface area contributed by atoms with Gasteiger partial charge in [0, 0.05) is 24.8 Å². The van der Waals surface area contributed by atoms with Crippen LogP contribution in [0.25, 0.3) is 11.1 Å². The van der Waals surface area contributed by atoms with Gasteiger partial charge in [-0.25, -0.2) is 0 Å². The Kier molecular flexibility index (Phi) is 4.46. The predicted molar refractivity (Wildman–Crippen MR) is 95.7 cm³/mol. The molecule has 23 heavy (non-hydrogen) atoms. The first-order valence-corrected chi connectivity index (χ1v) is 8.45. The molecule has 2 aromatic carbocycles. The topological polar surface area (TPSA) is 21.7 Å². The first kappa shape index (κ1) is 15.7. The summed E-state index contributed by atoms with van der Waals surface area (Å²) in [5.41, 5.74) is 6.58. The Bertz CT molecular complexity index is 709. The van der Waals surface area contributed by atoms with E-state index in [2.05, 4.69) is 49.2 Å². The number of hydrogen-bond acceptors (Lipinski definition) is 3. The molecule has 3 nitrogen and oxygen atoms in total. The zero-order valence-corrected chi connectivity index (χ0v) is 14.5. The van der Waals surface area contributed by atoms with Crippen molar-refractivity contribution in [2.45, 2.75) is 33.7 Å². The van der Waals surface area contributed by atoms with Crippen LogP contribution < -0.4 is 14.4 Å². The molecule has 0 atom stereocenters. The summed E-state index contributed by atoms with van der Waals surface area (Å²) in [6.45, 7) is 8.40. The van der Waals surface area contributed by atoms with Crippen molar-refractivity contribution in [3.05, 3.63) is 41.5 Å². The van der Waals surface area contributed by atoms with Gasteiger partial charge in [-0.05, 0) is 49.1 Å². The molecule has 0 amide bonds. The van der Waals surface area contributed by atoms with Crippen LogP contribution >= 0.6 is 0 Å². The number of hydrogen-bond donors (Lipinski definition) is 0. The fraction of sp³-hybridized carbons (Fsp3) is 0.400. The van der Waals surface area contributed by atoms with Crippen molar-refractivity contribution in [2.24, 2.45) is 0 Å². The smallest absolute Gasteiger partial charge is 0.161 e. The van der Waals surface area contributed by atoms with Crippen LogP contribution in [0, 0.1) is 0 Å². The molecule has 1 aliphatic rings. The van der Waals surface area contributed by atoms with Gasteiger partial charge in [0.1, 0.15) is 0 Å². The van der Waals surface area contributed by atoms with E-state index >= 15 is 0 Å². The molecule has 0 N–H and O–H groups in total. The summed E-state index contributed by atoms with van der Waals surface area (Å²) in [6.07, 6.45) is 1.04. The molecule has 3 heteroatoms. The van der Waals surface area contributed by atoms with Crippen molar-refractivity contribution in [1.29, 1.82) is 0 Å². The van der Waals surface area contributed by atoms with Crippen LogP contribution in [-0.2, 0) is 13.0 Å². The lowest BCUT2D eigenvalue weighted by atomic mass is 9.90. The van der Waals surface area contributed by atoms with Gasteiger partial charge in [0.25, 0.3) is 0 Å². The van der Waals surface area contributed by atoms with Crippen LogP contribution in [0.2, 0.25) is 0 Å². The molecule has 1 heterocycles.